The zero-order valence-electron chi connectivity index (χ0n) is 9.09. The van der Waals surface area contributed by atoms with Crippen molar-refractivity contribution in [2.45, 2.75) is 26.3 Å². The maximum absolute atomic E-state index is 2.43. The molecule has 1 unspecified atom stereocenters. The summed E-state index contributed by atoms with van der Waals surface area (Å²) in [6.45, 7) is 7.20. The highest BCUT2D eigenvalue weighted by molar-refractivity contribution is 4.90. The lowest BCUT2D eigenvalue weighted by atomic mass is 9.79. The number of rotatable bonds is 1. The fraction of sp³-hybridized carbons (Fsp3) is 1.00. The Balaban J connectivity index is 2.64. The molecule has 0 aliphatic carbocycles. The van der Waals surface area contributed by atoms with Gasteiger partial charge in [0.1, 0.15) is 0 Å². The van der Waals surface area contributed by atoms with Gasteiger partial charge >= 0.3 is 0 Å². The Hall–Kier alpha value is -0.0800. The van der Waals surface area contributed by atoms with Crippen LogP contribution in [0.15, 0.2) is 0 Å². The largest absolute Gasteiger partial charge is 0.306 e. The van der Waals surface area contributed by atoms with Gasteiger partial charge in [-0.1, -0.05) is 13.8 Å². The molecule has 1 heterocycles. The van der Waals surface area contributed by atoms with Gasteiger partial charge in [0.15, 0.2) is 0 Å². The molecule has 1 fully saturated rings. The molecule has 1 saturated heterocycles. The van der Waals surface area contributed by atoms with Gasteiger partial charge in [0, 0.05) is 12.6 Å². The van der Waals surface area contributed by atoms with Crippen LogP contribution in [-0.4, -0.2) is 50.1 Å². The quantitative estimate of drug-likeness (QED) is 0.585. The molecule has 2 heteroatoms. The van der Waals surface area contributed by atoms with Gasteiger partial charge in [0.25, 0.3) is 0 Å². The molecule has 0 radical (unpaired) electrons. The lowest BCUT2D eigenvalue weighted by Crippen LogP contribution is -2.52. The standard InChI is InChI=1S/C10H22N2/c1-10(2)8-12(5)7-6-9(10)11(3)4/h9H,6-8H2,1-5H3. The van der Waals surface area contributed by atoms with E-state index in [-0.39, 0.29) is 0 Å². The lowest BCUT2D eigenvalue weighted by Gasteiger charge is -2.46. The number of hydrogen-bond donors (Lipinski definition) is 0. The minimum absolute atomic E-state index is 0.441. The van der Waals surface area contributed by atoms with E-state index in [1.54, 1.807) is 0 Å². The third-order valence-electron chi connectivity index (χ3n) is 2.99. The molecule has 1 aliphatic rings. The first-order chi connectivity index (χ1) is 5.43. The molecule has 0 aromatic rings. The highest BCUT2D eigenvalue weighted by Gasteiger charge is 2.35. The van der Waals surface area contributed by atoms with E-state index in [4.69, 9.17) is 0 Å². The van der Waals surface area contributed by atoms with Crippen molar-refractivity contribution in [2.24, 2.45) is 5.41 Å². The maximum Gasteiger partial charge on any atom is 0.0165 e. The van der Waals surface area contributed by atoms with E-state index in [0.29, 0.717) is 5.41 Å². The summed E-state index contributed by atoms with van der Waals surface area (Å²) in [5, 5.41) is 0. The average Bonchev–Trinajstić information content (AvgIpc) is 1.82. The summed E-state index contributed by atoms with van der Waals surface area (Å²) >= 11 is 0. The molecule has 0 saturated carbocycles. The average molecular weight is 170 g/mol. The van der Waals surface area contributed by atoms with Crippen molar-refractivity contribution in [2.75, 3.05) is 34.2 Å². The summed E-state index contributed by atoms with van der Waals surface area (Å²) in [7, 11) is 6.60. The predicted molar refractivity (Wildman–Crippen MR) is 53.4 cm³/mol. The van der Waals surface area contributed by atoms with Crippen LogP contribution in [0.1, 0.15) is 20.3 Å². The zero-order valence-corrected chi connectivity index (χ0v) is 9.09. The van der Waals surface area contributed by atoms with Gasteiger partial charge in [-0.05, 0) is 39.5 Å². The first-order valence-corrected chi connectivity index (χ1v) is 4.78. The van der Waals surface area contributed by atoms with Crippen LogP contribution in [0.3, 0.4) is 0 Å². The second kappa shape index (κ2) is 3.35. The van der Waals surface area contributed by atoms with Crippen molar-refractivity contribution < 1.29 is 0 Å². The molecule has 0 N–H and O–H groups in total. The number of nitrogens with zero attached hydrogens (tertiary/aromatic N) is 2. The smallest absolute Gasteiger partial charge is 0.0165 e. The Kier molecular flexibility index (Phi) is 2.79. The van der Waals surface area contributed by atoms with E-state index in [0.717, 1.165) is 6.04 Å². The minimum atomic E-state index is 0.441. The first-order valence-electron chi connectivity index (χ1n) is 4.78. The molecular weight excluding hydrogens is 148 g/mol. The van der Waals surface area contributed by atoms with E-state index < -0.39 is 0 Å². The van der Waals surface area contributed by atoms with E-state index in [1.807, 2.05) is 0 Å². The second-order valence-corrected chi connectivity index (χ2v) is 4.99. The fourth-order valence-electron chi connectivity index (χ4n) is 2.57. The van der Waals surface area contributed by atoms with E-state index in [9.17, 15) is 0 Å². The molecule has 2 nitrogen and oxygen atoms in total. The summed E-state index contributed by atoms with van der Waals surface area (Å²) in [5.74, 6) is 0. The molecule has 0 spiro atoms. The van der Waals surface area contributed by atoms with Crippen LogP contribution in [0.5, 0.6) is 0 Å². The minimum Gasteiger partial charge on any atom is -0.306 e. The van der Waals surface area contributed by atoms with Gasteiger partial charge in [-0.15, -0.1) is 0 Å². The van der Waals surface area contributed by atoms with Crippen LogP contribution in [-0.2, 0) is 0 Å². The molecular formula is C10H22N2. The normalized spacial score (nSPS) is 31.0. The van der Waals surface area contributed by atoms with Gasteiger partial charge in [-0.2, -0.15) is 0 Å². The lowest BCUT2D eigenvalue weighted by molar-refractivity contribution is 0.0415. The van der Waals surface area contributed by atoms with E-state index >= 15 is 0 Å². The predicted octanol–water partition coefficient (Wildman–Crippen LogP) is 1.28. The Bertz CT molecular complexity index is 152. The number of piperidine rings is 1. The van der Waals surface area contributed by atoms with E-state index in [1.165, 1.54) is 19.5 Å². The highest BCUT2D eigenvalue weighted by Crippen LogP contribution is 2.30. The Morgan fingerprint density at radius 3 is 2.33 bits per heavy atom. The molecule has 1 rings (SSSR count). The SMILES string of the molecule is CN1CCC(N(C)C)C(C)(C)C1. The monoisotopic (exact) mass is 170 g/mol. The highest BCUT2D eigenvalue weighted by atomic mass is 15.2. The van der Waals surface area contributed by atoms with E-state index in [2.05, 4.69) is 44.8 Å². The van der Waals surface area contributed by atoms with Crippen LogP contribution in [0, 0.1) is 5.41 Å². The van der Waals surface area contributed by atoms with Crippen LogP contribution in [0.25, 0.3) is 0 Å². The second-order valence-electron chi connectivity index (χ2n) is 4.99. The summed E-state index contributed by atoms with van der Waals surface area (Å²) in [5.41, 5.74) is 0.441. The Morgan fingerprint density at radius 2 is 1.92 bits per heavy atom. The van der Waals surface area contributed by atoms with Crippen LogP contribution >= 0.6 is 0 Å². The van der Waals surface area contributed by atoms with Crippen molar-refractivity contribution in [1.29, 1.82) is 0 Å². The van der Waals surface area contributed by atoms with Crippen molar-refractivity contribution >= 4 is 0 Å². The zero-order chi connectivity index (χ0) is 9.35. The van der Waals surface area contributed by atoms with Crippen LogP contribution in [0.4, 0.5) is 0 Å². The first kappa shape index (κ1) is 10.0. The molecule has 0 aromatic carbocycles. The molecule has 72 valence electrons. The number of hydrogen-bond acceptors (Lipinski definition) is 2. The summed E-state index contributed by atoms with van der Waals surface area (Å²) in [4.78, 5) is 4.80. The topological polar surface area (TPSA) is 6.48 Å². The Morgan fingerprint density at radius 1 is 1.33 bits per heavy atom. The van der Waals surface area contributed by atoms with Crippen molar-refractivity contribution in [3.8, 4) is 0 Å². The number of likely N-dealkylation sites (tertiary alicyclic amines) is 1. The van der Waals surface area contributed by atoms with Crippen molar-refractivity contribution in [3.63, 3.8) is 0 Å². The Labute approximate surface area is 76.5 Å². The maximum atomic E-state index is 2.43. The molecule has 0 amide bonds. The van der Waals surface area contributed by atoms with Gasteiger partial charge in [-0.25, -0.2) is 0 Å². The third kappa shape index (κ3) is 1.99. The third-order valence-corrected chi connectivity index (χ3v) is 2.99. The van der Waals surface area contributed by atoms with Crippen LogP contribution < -0.4 is 0 Å². The molecule has 12 heavy (non-hydrogen) atoms. The fourth-order valence-corrected chi connectivity index (χ4v) is 2.57. The summed E-state index contributed by atoms with van der Waals surface area (Å²) < 4.78 is 0. The molecule has 1 atom stereocenters. The molecule has 0 aromatic heterocycles. The van der Waals surface area contributed by atoms with Crippen molar-refractivity contribution in [1.82, 2.24) is 9.80 Å². The van der Waals surface area contributed by atoms with Crippen molar-refractivity contribution in [3.05, 3.63) is 0 Å². The molecule has 1 aliphatic heterocycles. The molecule has 0 bridgehead atoms. The van der Waals surface area contributed by atoms with Gasteiger partial charge < -0.3 is 9.80 Å². The van der Waals surface area contributed by atoms with Gasteiger partial charge in [-0.3, -0.25) is 0 Å². The van der Waals surface area contributed by atoms with Gasteiger partial charge in [0.2, 0.25) is 0 Å². The summed E-state index contributed by atoms with van der Waals surface area (Å²) in [6, 6.07) is 0.744. The van der Waals surface area contributed by atoms with Crippen LogP contribution in [0.2, 0.25) is 0 Å². The van der Waals surface area contributed by atoms with Gasteiger partial charge in [0.05, 0.1) is 0 Å². The summed E-state index contributed by atoms with van der Waals surface area (Å²) in [6.07, 6.45) is 1.30.